The van der Waals surface area contributed by atoms with Crippen molar-refractivity contribution in [2.45, 2.75) is 38.1 Å². The second-order valence-electron chi connectivity index (χ2n) is 7.04. The molecule has 3 rings (SSSR count). The molecule has 6 nitrogen and oxygen atoms in total. The number of nitrogens with two attached hydrogens (primary N) is 1. The first-order chi connectivity index (χ1) is 12.5. The molecule has 0 aliphatic heterocycles. The van der Waals surface area contributed by atoms with Crippen molar-refractivity contribution < 1.29 is 9.59 Å². The van der Waals surface area contributed by atoms with Crippen LogP contribution in [0.3, 0.4) is 0 Å². The molecule has 2 aromatic rings. The molecule has 28 heavy (non-hydrogen) atoms. The molecule has 152 valence electrons. The average molecular weight is 425 g/mol. The van der Waals surface area contributed by atoms with Crippen LogP contribution in [0.2, 0.25) is 0 Å². The number of halogens is 2. The number of hydrogen-bond acceptors (Lipinski definition) is 4. The third-order valence-corrected chi connectivity index (χ3v) is 4.87. The molecule has 0 bridgehead atoms. The highest BCUT2D eigenvalue weighted by Crippen LogP contribution is 2.32. The van der Waals surface area contributed by atoms with E-state index in [2.05, 4.69) is 15.6 Å². The summed E-state index contributed by atoms with van der Waals surface area (Å²) in [6, 6.07) is 12.2. The summed E-state index contributed by atoms with van der Waals surface area (Å²) in [5.41, 5.74) is 6.86. The van der Waals surface area contributed by atoms with Crippen LogP contribution in [0.15, 0.2) is 48.7 Å². The Morgan fingerprint density at radius 3 is 2.57 bits per heavy atom. The fraction of sp³-hybridized carbons (Fsp3) is 0.350. The lowest BCUT2D eigenvalue weighted by Gasteiger charge is -2.37. The number of hydrogen-bond donors (Lipinski definition) is 3. The fourth-order valence-corrected chi connectivity index (χ4v) is 3.38. The van der Waals surface area contributed by atoms with Gasteiger partial charge in [-0.05, 0) is 50.1 Å². The molecular weight excluding hydrogens is 399 g/mol. The maximum Gasteiger partial charge on any atom is 0.256 e. The van der Waals surface area contributed by atoms with Gasteiger partial charge in [0.2, 0.25) is 5.91 Å². The van der Waals surface area contributed by atoms with Gasteiger partial charge in [0.15, 0.2) is 0 Å². The molecule has 2 amide bonds. The maximum absolute atomic E-state index is 12.7. The number of rotatable bonds is 4. The second-order valence-corrected chi connectivity index (χ2v) is 7.04. The number of amides is 2. The van der Waals surface area contributed by atoms with Crippen LogP contribution in [-0.4, -0.2) is 22.3 Å². The number of benzene rings is 1. The van der Waals surface area contributed by atoms with Gasteiger partial charge in [-0.2, -0.15) is 0 Å². The Hall–Kier alpha value is -2.15. The lowest BCUT2D eigenvalue weighted by atomic mass is 9.74. The van der Waals surface area contributed by atoms with Gasteiger partial charge >= 0.3 is 0 Å². The first kappa shape index (κ1) is 23.9. The van der Waals surface area contributed by atoms with Crippen molar-refractivity contribution in [1.29, 1.82) is 0 Å². The van der Waals surface area contributed by atoms with E-state index in [9.17, 15) is 9.59 Å². The number of nitrogens with one attached hydrogen (secondary N) is 2. The Morgan fingerprint density at radius 1 is 1.11 bits per heavy atom. The number of pyridine rings is 1. The quantitative estimate of drug-likeness (QED) is 0.689. The van der Waals surface area contributed by atoms with Gasteiger partial charge < -0.3 is 16.4 Å². The predicted molar refractivity (Wildman–Crippen MR) is 116 cm³/mol. The maximum atomic E-state index is 12.7. The predicted octanol–water partition coefficient (Wildman–Crippen LogP) is 4.02. The van der Waals surface area contributed by atoms with Crippen LogP contribution in [0, 0.1) is 5.92 Å². The standard InChI is InChI=1S/C20H24N4O2.2ClH/c1-20(21)11-4-2-9-16(20)19(26)23-15-8-6-7-14(13-15)18(25)24-17-10-3-5-12-22-17;;/h3,5-8,10,12-13,16H,2,4,9,11,21H2,1H3,(H,23,26)(H,22,24,25);2*1H. The zero-order valence-electron chi connectivity index (χ0n) is 15.7. The molecule has 2 atom stereocenters. The highest BCUT2D eigenvalue weighted by Gasteiger charge is 2.37. The number of anilines is 2. The molecule has 1 aliphatic carbocycles. The molecule has 1 aromatic heterocycles. The molecule has 8 heteroatoms. The van der Waals surface area contributed by atoms with E-state index in [-0.39, 0.29) is 42.5 Å². The normalized spacial score (nSPS) is 20.9. The second kappa shape index (κ2) is 10.4. The van der Waals surface area contributed by atoms with Crippen LogP contribution in [0.4, 0.5) is 11.5 Å². The Kier molecular flexibility index (Phi) is 8.88. The first-order valence-corrected chi connectivity index (χ1v) is 8.88. The van der Waals surface area contributed by atoms with Gasteiger partial charge in [-0.15, -0.1) is 24.8 Å². The number of aromatic nitrogens is 1. The van der Waals surface area contributed by atoms with Crippen molar-refractivity contribution in [1.82, 2.24) is 4.98 Å². The summed E-state index contributed by atoms with van der Waals surface area (Å²) in [4.78, 5) is 29.1. The number of carbonyl (C=O) groups excluding carboxylic acids is 2. The van der Waals surface area contributed by atoms with E-state index in [0.29, 0.717) is 17.1 Å². The topological polar surface area (TPSA) is 97.1 Å². The fourth-order valence-electron chi connectivity index (χ4n) is 3.38. The van der Waals surface area contributed by atoms with Crippen LogP contribution >= 0.6 is 24.8 Å². The highest BCUT2D eigenvalue weighted by molar-refractivity contribution is 6.05. The van der Waals surface area contributed by atoms with E-state index < -0.39 is 5.54 Å². The minimum Gasteiger partial charge on any atom is -0.326 e. The minimum atomic E-state index is -0.490. The average Bonchev–Trinajstić information content (AvgIpc) is 2.62. The molecule has 0 saturated heterocycles. The van der Waals surface area contributed by atoms with Crippen LogP contribution in [0.25, 0.3) is 0 Å². The Balaban J connectivity index is 0.00000196. The Bertz CT molecular complexity index is 800. The SMILES string of the molecule is CC1(N)CCCCC1C(=O)Nc1cccc(C(=O)Nc2ccccn2)c1.Cl.Cl. The van der Waals surface area contributed by atoms with Crippen LogP contribution in [0.5, 0.6) is 0 Å². The highest BCUT2D eigenvalue weighted by atomic mass is 35.5. The largest absolute Gasteiger partial charge is 0.326 e. The van der Waals surface area contributed by atoms with E-state index in [1.165, 1.54) is 0 Å². The Morgan fingerprint density at radius 2 is 1.89 bits per heavy atom. The molecule has 2 unspecified atom stereocenters. The van der Waals surface area contributed by atoms with E-state index in [0.717, 1.165) is 25.7 Å². The number of nitrogens with zero attached hydrogens (tertiary/aromatic N) is 1. The van der Waals surface area contributed by atoms with E-state index in [1.54, 1.807) is 48.7 Å². The third kappa shape index (κ3) is 5.92. The summed E-state index contributed by atoms with van der Waals surface area (Å²) in [5.74, 6) is -0.103. The molecule has 1 heterocycles. The first-order valence-electron chi connectivity index (χ1n) is 8.88. The van der Waals surface area contributed by atoms with Crippen LogP contribution in [-0.2, 0) is 4.79 Å². The van der Waals surface area contributed by atoms with Gasteiger partial charge in [0.1, 0.15) is 5.82 Å². The van der Waals surface area contributed by atoms with E-state index in [4.69, 9.17) is 5.73 Å². The van der Waals surface area contributed by atoms with Gasteiger partial charge in [-0.1, -0.05) is 25.0 Å². The van der Waals surface area contributed by atoms with Crippen molar-refractivity contribution in [3.8, 4) is 0 Å². The van der Waals surface area contributed by atoms with Crippen molar-refractivity contribution in [2.75, 3.05) is 10.6 Å². The van der Waals surface area contributed by atoms with Crippen molar-refractivity contribution in [3.63, 3.8) is 0 Å². The zero-order chi connectivity index (χ0) is 18.6. The summed E-state index contributed by atoms with van der Waals surface area (Å²) in [5, 5.41) is 5.64. The molecular formula is C20H26Cl2N4O2. The lowest BCUT2D eigenvalue weighted by molar-refractivity contribution is -0.122. The van der Waals surface area contributed by atoms with E-state index in [1.807, 2.05) is 6.92 Å². The summed E-state index contributed by atoms with van der Waals surface area (Å²) >= 11 is 0. The van der Waals surface area contributed by atoms with Gasteiger partial charge in [0.25, 0.3) is 5.91 Å². The lowest BCUT2D eigenvalue weighted by Crippen LogP contribution is -2.51. The van der Waals surface area contributed by atoms with Crippen LogP contribution < -0.4 is 16.4 Å². The van der Waals surface area contributed by atoms with Crippen molar-refractivity contribution in [2.24, 2.45) is 11.7 Å². The van der Waals surface area contributed by atoms with Crippen molar-refractivity contribution >= 4 is 48.1 Å². The van der Waals surface area contributed by atoms with Crippen LogP contribution in [0.1, 0.15) is 43.0 Å². The molecule has 0 radical (unpaired) electrons. The monoisotopic (exact) mass is 424 g/mol. The molecule has 4 N–H and O–H groups in total. The summed E-state index contributed by atoms with van der Waals surface area (Å²) < 4.78 is 0. The molecule has 1 saturated carbocycles. The Labute approximate surface area is 177 Å². The summed E-state index contributed by atoms with van der Waals surface area (Å²) in [6.45, 7) is 1.94. The van der Waals surface area contributed by atoms with Gasteiger partial charge in [-0.25, -0.2) is 4.98 Å². The molecule has 1 aliphatic rings. The molecule has 0 spiro atoms. The molecule has 1 aromatic carbocycles. The van der Waals surface area contributed by atoms with E-state index >= 15 is 0 Å². The summed E-state index contributed by atoms with van der Waals surface area (Å²) in [7, 11) is 0. The third-order valence-electron chi connectivity index (χ3n) is 4.87. The number of carbonyl (C=O) groups is 2. The molecule has 1 fully saturated rings. The zero-order valence-corrected chi connectivity index (χ0v) is 17.3. The van der Waals surface area contributed by atoms with Crippen molar-refractivity contribution in [3.05, 3.63) is 54.2 Å². The summed E-state index contributed by atoms with van der Waals surface area (Å²) in [6.07, 6.45) is 5.31. The van der Waals surface area contributed by atoms with Gasteiger partial charge in [0, 0.05) is 23.0 Å². The smallest absolute Gasteiger partial charge is 0.256 e. The minimum absolute atomic E-state index is 0. The van der Waals surface area contributed by atoms with Gasteiger partial charge in [-0.3, -0.25) is 9.59 Å². The van der Waals surface area contributed by atoms with Gasteiger partial charge in [0.05, 0.1) is 5.92 Å².